The Morgan fingerprint density at radius 2 is 1.12 bits per heavy atom. The summed E-state index contributed by atoms with van der Waals surface area (Å²) in [6.07, 6.45) is 1.40. The Labute approximate surface area is 242 Å². The van der Waals surface area contributed by atoms with Crippen LogP contribution in [-0.2, 0) is 0 Å². The first-order chi connectivity index (χ1) is 19.4. The average Bonchev–Trinajstić information content (AvgIpc) is 2.97. The minimum Gasteiger partial charge on any atom is -0.478 e. The molecule has 2 unspecified atom stereocenters. The first kappa shape index (κ1) is 27.8. The molecule has 0 aliphatic rings. The number of fused-ring (bicyclic) bond motifs is 2. The Hall–Kier alpha value is -3.74. The van der Waals surface area contributed by atoms with Gasteiger partial charge in [0.15, 0.2) is 0 Å². The van der Waals surface area contributed by atoms with Crippen molar-refractivity contribution < 1.29 is 19.8 Å². The monoisotopic (exact) mass is 566 g/mol. The molecule has 40 heavy (non-hydrogen) atoms. The summed E-state index contributed by atoms with van der Waals surface area (Å²) in [7, 11) is 0. The number of carboxylic acids is 2. The highest BCUT2D eigenvalue weighted by atomic mass is 32.2. The van der Waals surface area contributed by atoms with Gasteiger partial charge in [-0.1, -0.05) is 80.6 Å². The van der Waals surface area contributed by atoms with E-state index in [9.17, 15) is 19.8 Å². The number of aromatic carboxylic acids is 2. The van der Waals surface area contributed by atoms with Gasteiger partial charge >= 0.3 is 11.9 Å². The summed E-state index contributed by atoms with van der Waals surface area (Å²) >= 11 is 3.29. The molecule has 0 spiro atoms. The van der Waals surface area contributed by atoms with Crippen LogP contribution in [0.2, 0.25) is 0 Å². The summed E-state index contributed by atoms with van der Waals surface area (Å²) in [4.78, 5) is 27.0. The van der Waals surface area contributed by atoms with Crippen LogP contribution in [-0.4, -0.2) is 22.2 Å². The smallest absolute Gasteiger partial charge is 0.336 e. The van der Waals surface area contributed by atoms with Gasteiger partial charge in [-0.15, -0.1) is 23.5 Å². The molecule has 0 heterocycles. The van der Waals surface area contributed by atoms with E-state index < -0.39 is 11.9 Å². The van der Waals surface area contributed by atoms with Crippen LogP contribution in [0.15, 0.2) is 107 Å². The Morgan fingerprint density at radius 3 is 1.60 bits per heavy atom. The van der Waals surface area contributed by atoms with Crippen molar-refractivity contribution in [2.45, 2.75) is 47.0 Å². The summed E-state index contributed by atoms with van der Waals surface area (Å²) in [6, 6.07) is 32.2. The second-order valence-electron chi connectivity index (χ2n) is 9.65. The molecule has 0 saturated carbocycles. The van der Waals surface area contributed by atoms with E-state index >= 15 is 0 Å². The fourth-order valence-electron chi connectivity index (χ4n) is 5.20. The fourth-order valence-corrected chi connectivity index (χ4v) is 7.57. The van der Waals surface area contributed by atoms with Crippen molar-refractivity contribution in [1.82, 2.24) is 0 Å². The van der Waals surface area contributed by atoms with Crippen molar-refractivity contribution in [1.29, 1.82) is 0 Å². The molecule has 0 bridgehead atoms. The highest BCUT2D eigenvalue weighted by molar-refractivity contribution is 8.00. The van der Waals surface area contributed by atoms with E-state index in [1.165, 1.54) is 6.07 Å². The molecule has 0 amide bonds. The number of rotatable bonds is 10. The van der Waals surface area contributed by atoms with Crippen LogP contribution < -0.4 is 0 Å². The van der Waals surface area contributed by atoms with Gasteiger partial charge in [0.2, 0.25) is 0 Å². The third-order valence-electron chi connectivity index (χ3n) is 7.13. The van der Waals surface area contributed by atoms with Gasteiger partial charge in [-0.2, -0.15) is 0 Å². The molecular weight excluding hydrogens is 537 g/mol. The molecule has 2 atom stereocenters. The summed E-state index contributed by atoms with van der Waals surface area (Å²) in [5.74, 6) is -2.44. The molecular formula is C34H30O4S2. The van der Waals surface area contributed by atoms with Crippen molar-refractivity contribution in [3.05, 3.63) is 119 Å². The number of hydrogen-bond donors (Lipinski definition) is 2. The molecule has 0 saturated heterocycles. The summed E-state index contributed by atoms with van der Waals surface area (Å²) in [5.41, 5.74) is 1.20. The van der Waals surface area contributed by atoms with Crippen LogP contribution in [0.1, 0.15) is 69.0 Å². The molecule has 4 nitrogen and oxygen atoms in total. The number of carbonyl (C=O) groups is 2. The van der Waals surface area contributed by atoms with Crippen molar-refractivity contribution in [3.8, 4) is 0 Å². The molecule has 5 aromatic rings. The highest BCUT2D eigenvalue weighted by Gasteiger charge is 2.30. The van der Waals surface area contributed by atoms with E-state index in [1.54, 1.807) is 23.5 Å². The van der Waals surface area contributed by atoms with Crippen LogP contribution in [0.3, 0.4) is 0 Å². The van der Waals surface area contributed by atoms with Crippen molar-refractivity contribution in [2.24, 2.45) is 0 Å². The maximum atomic E-state index is 12.7. The zero-order chi connectivity index (χ0) is 28.2. The van der Waals surface area contributed by atoms with Crippen LogP contribution in [0.4, 0.5) is 0 Å². The predicted molar refractivity (Wildman–Crippen MR) is 166 cm³/mol. The van der Waals surface area contributed by atoms with Gasteiger partial charge in [0.25, 0.3) is 0 Å². The highest BCUT2D eigenvalue weighted by Crippen LogP contribution is 2.48. The lowest BCUT2D eigenvalue weighted by Crippen LogP contribution is -2.16. The van der Waals surface area contributed by atoms with Gasteiger partial charge in [0, 0.05) is 20.3 Å². The van der Waals surface area contributed by atoms with Gasteiger partial charge in [0.05, 0.1) is 11.1 Å². The molecule has 0 aliphatic carbocycles. The average molecular weight is 567 g/mol. The van der Waals surface area contributed by atoms with Gasteiger partial charge in [0.1, 0.15) is 0 Å². The van der Waals surface area contributed by atoms with Crippen LogP contribution in [0, 0.1) is 0 Å². The molecule has 0 fully saturated rings. The van der Waals surface area contributed by atoms with Gasteiger partial charge in [-0.25, -0.2) is 9.59 Å². The second kappa shape index (κ2) is 12.2. The SMILES string of the molecule is CCC(Sc1ccc2ccccc2c1)c1ccc(C(=O)O)c(C(=O)O)c1C(CC)Sc1ccc2ccccc2c1. The molecule has 202 valence electrons. The second-order valence-corrected chi connectivity index (χ2v) is 12.2. The zero-order valence-electron chi connectivity index (χ0n) is 22.3. The molecule has 2 N–H and O–H groups in total. The minimum atomic E-state index is -1.23. The number of benzene rings is 5. The molecule has 5 rings (SSSR count). The van der Waals surface area contributed by atoms with Crippen molar-refractivity contribution in [2.75, 3.05) is 0 Å². The third kappa shape index (κ3) is 5.74. The van der Waals surface area contributed by atoms with Crippen LogP contribution in [0.25, 0.3) is 21.5 Å². The van der Waals surface area contributed by atoms with E-state index in [-0.39, 0.29) is 21.6 Å². The maximum absolute atomic E-state index is 12.7. The van der Waals surface area contributed by atoms with Crippen LogP contribution in [0.5, 0.6) is 0 Å². The van der Waals surface area contributed by atoms with Gasteiger partial charge in [-0.05, 0) is 75.8 Å². The van der Waals surface area contributed by atoms with Gasteiger partial charge < -0.3 is 10.2 Å². The van der Waals surface area contributed by atoms with E-state index in [2.05, 4.69) is 67.6 Å². The van der Waals surface area contributed by atoms with E-state index in [1.807, 2.05) is 37.3 Å². The largest absolute Gasteiger partial charge is 0.478 e. The van der Waals surface area contributed by atoms with Crippen molar-refractivity contribution in [3.63, 3.8) is 0 Å². The van der Waals surface area contributed by atoms with E-state index in [0.717, 1.165) is 43.3 Å². The summed E-state index contributed by atoms with van der Waals surface area (Å²) in [5, 5.41) is 24.6. The van der Waals surface area contributed by atoms with E-state index in [4.69, 9.17) is 0 Å². The quantitative estimate of drug-likeness (QED) is 0.164. The Bertz CT molecular complexity index is 1710. The molecule has 0 aliphatic heterocycles. The Kier molecular flexibility index (Phi) is 8.48. The zero-order valence-corrected chi connectivity index (χ0v) is 24.0. The maximum Gasteiger partial charge on any atom is 0.336 e. The molecule has 0 radical (unpaired) electrons. The lowest BCUT2D eigenvalue weighted by molar-refractivity contribution is 0.0650. The normalized spacial score (nSPS) is 12.8. The minimum absolute atomic E-state index is 0.0524. The Balaban J connectivity index is 1.61. The fraction of sp³-hybridized carbons (Fsp3) is 0.176. The summed E-state index contributed by atoms with van der Waals surface area (Å²) in [6.45, 7) is 4.12. The Morgan fingerprint density at radius 1 is 0.625 bits per heavy atom. The van der Waals surface area contributed by atoms with Crippen molar-refractivity contribution >= 4 is 57.0 Å². The predicted octanol–water partition coefficient (Wildman–Crippen LogP) is 9.88. The molecule has 5 aromatic carbocycles. The lowest BCUT2D eigenvalue weighted by Gasteiger charge is -2.26. The number of hydrogen-bond acceptors (Lipinski definition) is 4. The van der Waals surface area contributed by atoms with Crippen LogP contribution >= 0.6 is 23.5 Å². The standard InChI is InChI=1S/C34H30O4S2/c1-3-29(39-25-15-13-21-9-5-7-11-23(21)19-25)27-17-18-28(33(35)36)32(34(37)38)31(27)30(4-2)40-26-16-14-22-10-6-8-12-24(22)20-26/h5-20,29-30H,3-4H2,1-2H3,(H,35,36)(H,37,38). The third-order valence-corrected chi connectivity index (χ3v) is 9.91. The van der Waals surface area contributed by atoms with Gasteiger partial charge in [-0.3, -0.25) is 0 Å². The first-order valence-electron chi connectivity index (χ1n) is 13.3. The molecule has 0 aromatic heterocycles. The van der Waals surface area contributed by atoms with E-state index in [0.29, 0.717) is 12.0 Å². The lowest BCUT2D eigenvalue weighted by atomic mass is 9.90. The number of carboxylic acid groups (broad SMARTS) is 2. The molecule has 6 heteroatoms. The number of thioether (sulfide) groups is 2. The summed E-state index contributed by atoms with van der Waals surface area (Å²) < 4.78 is 0. The topological polar surface area (TPSA) is 74.6 Å². The first-order valence-corrected chi connectivity index (χ1v) is 15.1.